The molecular weight excluding hydrogens is 479 g/mol. The van der Waals surface area contributed by atoms with Gasteiger partial charge in [-0.2, -0.15) is 39.5 Å². The van der Waals surface area contributed by atoms with E-state index in [0.717, 1.165) is 71.0 Å². The van der Waals surface area contributed by atoms with Gasteiger partial charge in [-0.3, -0.25) is 0 Å². The van der Waals surface area contributed by atoms with Gasteiger partial charge >= 0.3 is 23.9 Å². The molecule has 0 aromatic rings. The summed E-state index contributed by atoms with van der Waals surface area (Å²) in [7, 11) is 0. The monoisotopic (exact) mass is 516 g/mol. The lowest BCUT2D eigenvalue weighted by Crippen LogP contribution is -2.60. The molecule has 0 aromatic carbocycles. The molecule has 1 unspecified atom stereocenters. The summed E-state index contributed by atoms with van der Waals surface area (Å²) in [4.78, 5) is 0. The molecule has 1 aliphatic heterocycles. The molecule has 1 saturated heterocycles. The second-order valence-electron chi connectivity index (χ2n) is 9.05. The Morgan fingerprint density at radius 2 is 1.12 bits per heavy atom. The van der Waals surface area contributed by atoms with Crippen LogP contribution in [0.15, 0.2) is 0 Å². The van der Waals surface area contributed by atoms with E-state index in [9.17, 15) is 39.5 Å². The molecule has 0 spiro atoms. The quantitative estimate of drug-likeness (QED) is 0.134. The van der Waals surface area contributed by atoms with E-state index < -0.39 is 36.8 Å². The highest BCUT2D eigenvalue weighted by Crippen LogP contribution is 2.54. The van der Waals surface area contributed by atoms with Gasteiger partial charge in [0.25, 0.3) is 0 Å². The van der Waals surface area contributed by atoms with Crippen molar-refractivity contribution in [2.75, 3.05) is 19.8 Å². The Morgan fingerprint density at radius 3 is 1.59 bits per heavy atom. The highest BCUT2D eigenvalue weighted by atomic mass is 19.4. The molecule has 0 saturated carbocycles. The van der Waals surface area contributed by atoms with Crippen LogP contribution in [0.4, 0.5) is 39.5 Å². The Hall–Kier alpha value is -0.710. The van der Waals surface area contributed by atoms with Crippen LogP contribution < -0.4 is 0 Å². The van der Waals surface area contributed by atoms with E-state index in [-0.39, 0.29) is 12.5 Å². The second-order valence-corrected chi connectivity index (χ2v) is 9.05. The van der Waals surface area contributed by atoms with Crippen LogP contribution in [0.5, 0.6) is 0 Å². The summed E-state index contributed by atoms with van der Waals surface area (Å²) < 4.78 is 126. The summed E-state index contributed by atoms with van der Waals surface area (Å²) in [6, 6.07) is 0. The summed E-state index contributed by atoms with van der Waals surface area (Å²) >= 11 is 0. The van der Waals surface area contributed by atoms with Gasteiger partial charge in [0.2, 0.25) is 0 Å². The van der Waals surface area contributed by atoms with Crippen LogP contribution in [-0.4, -0.2) is 49.9 Å². The van der Waals surface area contributed by atoms with Gasteiger partial charge in [0.05, 0.1) is 12.7 Å². The molecule has 0 radical (unpaired) electrons. The molecule has 204 valence electrons. The van der Waals surface area contributed by atoms with Gasteiger partial charge in [0.15, 0.2) is 0 Å². The maximum Gasteiger partial charge on any atom is 0.460 e. The van der Waals surface area contributed by atoms with E-state index in [2.05, 4.69) is 0 Å². The molecule has 1 fully saturated rings. The first-order valence-electron chi connectivity index (χ1n) is 12.2. The Bertz CT molecular complexity index is 533. The predicted molar refractivity (Wildman–Crippen MR) is 111 cm³/mol. The number of hydrogen-bond acceptors (Lipinski definition) is 2. The average Bonchev–Trinajstić information content (AvgIpc) is 2.76. The summed E-state index contributed by atoms with van der Waals surface area (Å²) in [6.07, 6.45) is 2.69. The third kappa shape index (κ3) is 10.1. The summed E-state index contributed by atoms with van der Waals surface area (Å²) in [5.41, 5.74) is 0. The average molecular weight is 517 g/mol. The van der Waals surface area contributed by atoms with E-state index in [4.69, 9.17) is 9.47 Å². The molecule has 1 aliphatic rings. The third-order valence-corrected chi connectivity index (χ3v) is 6.07. The molecule has 11 heteroatoms. The van der Waals surface area contributed by atoms with Crippen LogP contribution in [0.3, 0.4) is 0 Å². The largest absolute Gasteiger partial charge is 0.460 e. The molecule has 0 aromatic heterocycles. The molecule has 2 nitrogen and oxygen atoms in total. The molecule has 0 N–H and O–H groups in total. The maximum absolute atomic E-state index is 13.4. The van der Waals surface area contributed by atoms with E-state index in [0.29, 0.717) is 19.4 Å². The third-order valence-electron chi connectivity index (χ3n) is 6.07. The Balaban J connectivity index is 1.97. The van der Waals surface area contributed by atoms with Crippen molar-refractivity contribution in [1.82, 2.24) is 0 Å². The van der Waals surface area contributed by atoms with E-state index in [1.165, 1.54) is 6.42 Å². The molecule has 1 heterocycles. The normalized spacial score (nSPS) is 18.4. The smallest absolute Gasteiger partial charge is 0.379 e. The minimum atomic E-state index is -6.79. The number of halogens is 9. The van der Waals surface area contributed by atoms with E-state index in [1.807, 2.05) is 0 Å². The van der Waals surface area contributed by atoms with Gasteiger partial charge in [-0.25, -0.2) is 0 Å². The summed E-state index contributed by atoms with van der Waals surface area (Å²) in [5, 5.41) is 0. The number of ether oxygens (including phenoxy) is 2. The van der Waals surface area contributed by atoms with Crippen molar-refractivity contribution in [3.05, 3.63) is 0 Å². The minimum absolute atomic E-state index is 0.0646. The molecule has 1 atom stereocenters. The van der Waals surface area contributed by atoms with Gasteiger partial charge in [-0.1, -0.05) is 57.8 Å². The zero-order valence-corrected chi connectivity index (χ0v) is 19.5. The Labute approximate surface area is 195 Å². The van der Waals surface area contributed by atoms with Crippen molar-refractivity contribution in [1.29, 1.82) is 0 Å². The number of rotatable bonds is 18. The Morgan fingerprint density at radius 1 is 0.618 bits per heavy atom. The minimum Gasteiger partial charge on any atom is -0.379 e. The zero-order chi connectivity index (χ0) is 25.7. The molecule has 0 amide bonds. The van der Waals surface area contributed by atoms with Crippen molar-refractivity contribution < 1.29 is 49.0 Å². The second kappa shape index (κ2) is 14.8. The lowest BCUT2D eigenvalue weighted by molar-refractivity contribution is -0.396. The molecular formula is C23H37F9O2. The van der Waals surface area contributed by atoms with Crippen LogP contribution in [0.1, 0.15) is 96.3 Å². The van der Waals surface area contributed by atoms with Crippen molar-refractivity contribution in [3.63, 3.8) is 0 Å². The fourth-order valence-corrected chi connectivity index (χ4v) is 3.86. The SMILES string of the molecule is FC(F)(F)C(F)(F)C(F)(F)C(F)(F)CCCCCCCCCCCCCOCC1CCCCO1. The maximum atomic E-state index is 13.4. The van der Waals surface area contributed by atoms with Gasteiger partial charge in [-0.05, 0) is 32.1 Å². The fraction of sp³-hybridized carbons (Fsp3) is 1.00. The summed E-state index contributed by atoms with van der Waals surface area (Å²) in [6.45, 7) is 2.19. The first-order valence-corrected chi connectivity index (χ1v) is 12.2. The van der Waals surface area contributed by atoms with Crippen LogP contribution >= 0.6 is 0 Å². The van der Waals surface area contributed by atoms with Crippen molar-refractivity contribution >= 4 is 0 Å². The lowest BCUT2D eigenvalue weighted by atomic mass is 9.97. The highest BCUT2D eigenvalue weighted by Gasteiger charge is 2.81. The predicted octanol–water partition coefficient (Wildman–Crippen LogP) is 8.72. The van der Waals surface area contributed by atoms with Gasteiger partial charge < -0.3 is 9.47 Å². The lowest BCUT2D eigenvalue weighted by Gasteiger charge is -2.33. The van der Waals surface area contributed by atoms with Crippen molar-refractivity contribution in [2.24, 2.45) is 0 Å². The topological polar surface area (TPSA) is 18.5 Å². The number of unbranched alkanes of at least 4 members (excludes halogenated alkanes) is 10. The fourth-order valence-electron chi connectivity index (χ4n) is 3.86. The van der Waals surface area contributed by atoms with Crippen molar-refractivity contribution in [3.8, 4) is 0 Å². The zero-order valence-electron chi connectivity index (χ0n) is 19.5. The molecule has 1 rings (SSSR count). The molecule has 34 heavy (non-hydrogen) atoms. The number of alkyl halides is 9. The van der Waals surface area contributed by atoms with Gasteiger partial charge in [-0.15, -0.1) is 0 Å². The van der Waals surface area contributed by atoms with Crippen LogP contribution in [0.25, 0.3) is 0 Å². The van der Waals surface area contributed by atoms with Gasteiger partial charge in [0.1, 0.15) is 0 Å². The summed E-state index contributed by atoms with van der Waals surface area (Å²) in [5.74, 6) is -18.7. The van der Waals surface area contributed by atoms with Crippen LogP contribution in [0, 0.1) is 0 Å². The van der Waals surface area contributed by atoms with Gasteiger partial charge in [0, 0.05) is 19.6 Å². The first kappa shape index (κ1) is 31.3. The van der Waals surface area contributed by atoms with Crippen LogP contribution in [0.2, 0.25) is 0 Å². The van der Waals surface area contributed by atoms with Crippen LogP contribution in [-0.2, 0) is 9.47 Å². The molecule has 0 bridgehead atoms. The number of hydrogen-bond donors (Lipinski definition) is 0. The Kier molecular flexibility index (Phi) is 13.6. The van der Waals surface area contributed by atoms with Crippen molar-refractivity contribution in [2.45, 2.75) is 126 Å². The van der Waals surface area contributed by atoms with E-state index in [1.54, 1.807) is 0 Å². The highest BCUT2D eigenvalue weighted by molar-refractivity contribution is 5.00. The first-order chi connectivity index (χ1) is 15.8. The van der Waals surface area contributed by atoms with E-state index >= 15 is 0 Å². The molecule has 0 aliphatic carbocycles. The standard InChI is InChI=1S/C23H37F9O2/c24-20(25,21(26,27)22(28,29)23(30,31)32)15-11-8-6-4-2-1-3-5-7-9-12-16-33-18-19-14-10-13-17-34-19/h19H,1-18H2.